The SMILES string of the molecule is CC(c1ccccc1)N(CC(N)=O)C(=O)CN(C(=O)CN(CCCCN)C(=O)CN(C(=O)CN(C(=O)CN(CCCCN)C(=O)CN(C(=O)CN(Cc1ccc(Cl)cc1)C(=O)CN(CCCCN)C(=O)CN(C(=O)CN(C(=O)CNCCCCN)C(C)c1ccc(Cl)cc1)[C@H](C)c1ccccc1)C(C)c1ccccc1)C(C)c1ccc(Cl)cc1)[C@H](C)c1ccccc1)[C@H](C)c1ccc(Cl)cc1. The van der Waals surface area contributed by atoms with Gasteiger partial charge in [-0.1, -0.05) is 216 Å². The van der Waals surface area contributed by atoms with Crippen molar-refractivity contribution in [2.24, 2.45) is 28.7 Å². The van der Waals surface area contributed by atoms with Crippen LogP contribution < -0.4 is 34.0 Å². The van der Waals surface area contributed by atoms with Crippen LogP contribution in [-0.2, 0) is 64.1 Å². The van der Waals surface area contributed by atoms with Gasteiger partial charge in [0.1, 0.15) is 45.8 Å². The largest absolute Gasteiger partial charge is 0.368 e. The lowest BCUT2D eigenvalue weighted by Crippen LogP contribution is -2.53. The van der Waals surface area contributed by atoms with Crippen LogP contribution in [0.5, 0.6) is 0 Å². The summed E-state index contributed by atoms with van der Waals surface area (Å²) in [4.78, 5) is 198. The van der Waals surface area contributed by atoms with Gasteiger partial charge in [0.15, 0.2) is 0 Å². The molecular formula is C103H133Cl4N17O12. The quantitative estimate of drug-likeness (QED) is 0.0193. The van der Waals surface area contributed by atoms with Gasteiger partial charge < -0.3 is 87.9 Å². The highest BCUT2D eigenvalue weighted by atomic mass is 35.5. The van der Waals surface area contributed by atoms with E-state index < -0.39 is 179 Å². The van der Waals surface area contributed by atoms with Crippen LogP contribution in [0.15, 0.2) is 218 Å². The number of hydrogen-bond acceptors (Lipinski definition) is 17. The van der Waals surface area contributed by atoms with E-state index in [-0.39, 0.29) is 64.7 Å². The van der Waals surface area contributed by atoms with Gasteiger partial charge in [-0.15, -0.1) is 0 Å². The fourth-order valence-electron chi connectivity index (χ4n) is 16.1. The highest BCUT2D eigenvalue weighted by Crippen LogP contribution is 2.32. The Morgan fingerprint density at radius 3 is 0.735 bits per heavy atom. The zero-order valence-electron chi connectivity index (χ0n) is 79.0. The maximum Gasteiger partial charge on any atom is 0.243 e. The third-order valence-electron chi connectivity index (χ3n) is 24.6. The van der Waals surface area contributed by atoms with Crippen molar-refractivity contribution < 1.29 is 57.5 Å². The molecule has 0 radical (unpaired) electrons. The molecule has 0 aliphatic rings. The molecular weight excluding hydrogens is 1810 g/mol. The number of carbonyl (C=O) groups is 12. The van der Waals surface area contributed by atoms with E-state index in [1.807, 2.05) is 43.3 Å². The molecule has 8 aromatic rings. The van der Waals surface area contributed by atoms with Gasteiger partial charge in [-0.25, -0.2) is 0 Å². The number of nitrogens with zero attached hydrogens (tertiary/aromatic N) is 11. The van der Waals surface area contributed by atoms with E-state index in [1.54, 1.807) is 224 Å². The number of benzene rings is 8. The molecule has 8 aromatic carbocycles. The third kappa shape index (κ3) is 34.0. The molecule has 0 aromatic heterocycles. The number of unbranched alkanes of at least 4 members (excludes halogenated alkanes) is 4. The van der Waals surface area contributed by atoms with Crippen molar-refractivity contribution in [3.63, 3.8) is 0 Å². The van der Waals surface area contributed by atoms with E-state index >= 15 is 43.2 Å². The van der Waals surface area contributed by atoms with Crippen molar-refractivity contribution in [3.05, 3.63) is 283 Å². The van der Waals surface area contributed by atoms with E-state index in [1.165, 1.54) is 53.9 Å². The molecule has 12 amide bonds. The number of nitrogens with one attached hydrogen (secondary N) is 1. The Balaban J connectivity index is 1.12. The number of amides is 12. The van der Waals surface area contributed by atoms with Gasteiger partial charge in [-0.3, -0.25) is 57.5 Å². The van der Waals surface area contributed by atoms with Gasteiger partial charge in [-0.2, -0.15) is 0 Å². The van der Waals surface area contributed by atoms with Gasteiger partial charge in [0.2, 0.25) is 70.9 Å². The van der Waals surface area contributed by atoms with Crippen LogP contribution in [0.4, 0.5) is 0 Å². The molecule has 29 nitrogen and oxygen atoms in total. The topological polar surface area (TPSA) is 383 Å². The fraction of sp³-hybridized carbons (Fsp3) is 0.417. The molecule has 0 saturated carbocycles. The summed E-state index contributed by atoms with van der Waals surface area (Å²) >= 11 is 25.7. The van der Waals surface area contributed by atoms with Crippen molar-refractivity contribution >= 4 is 117 Å². The molecule has 11 N–H and O–H groups in total. The minimum absolute atomic E-state index is 0.00504. The van der Waals surface area contributed by atoms with Crippen LogP contribution in [0.2, 0.25) is 20.1 Å². The predicted octanol–water partition coefficient (Wildman–Crippen LogP) is 12.3. The Morgan fingerprint density at radius 1 is 0.250 bits per heavy atom. The second-order valence-corrected chi connectivity index (χ2v) is 35.9. The number of nitrogens with two attached hydrogens (primary N) is 5. The van der Waals surface area contributed by atoms with Gasteiger partial charge in [0.25, 0.3) is 0 Å². The summed E-state index contributed by atoms with van der Waals surface area (Å²) in [6.07, 6.45) is 3.67. The lowest BCUT2D eigenvalue weighted by Gasteiger charge is -2.37. The minimum atomic E-state index is -0.935. The van der Waals surface area contributed by atoms with Crippen LogP contribution in [-0.4, -0.2) is 256 Å². The zero-order chi connectivity index (χ0) is 98.9. The Labute approximate surface area is 820 Å². The smallest absolute Gasteiger partial charge is 0.243 e. The monoisotopic (exact) mass is 1940 g/mol. The van der Waals surface area contributed by atoms with Crippen LogP contribution in [0.1, 0.15) is 187 Å². The average molecular weight is 1940 g/mol. The van der Waals surface area contributed by atoms with E-state index in [9.17, 15) is 14.4 Å². The number of halogens is 4. The van der Waals surface area contributed by atoms with Crippen LogP contribution in [0.3, 0.4) is 0 Å². The molecule has 33 heteroatoms. The summed E-state index contributed by atoms with van der Waals surface area (Å²) < 4.78 is 0. The first-order valence-electron chi connectivity index (χ1n) is 46.4. The molecule has 0 aliphatic carbocycles. The van der Waals surface area contributed by atoms with E-state index in [4.69, 9.17) is 75.1 Å². The van der Waals surface area contributed by atoms with Gasteiger partial charge in [0, 0.05) is 46.3 Å². The first-order valence-corrected chi connectivity index (χ1v) is 47.9. The Bertz CT molecular complexity index is 5150. The third-order valence-corrected chi connectivity index (χ3v) is 25.6. The van der Waals surface area contributed by atoms with Crippen LogP contribution in [0.25, 0.3) is 0 Å². The van der Waals surface area contributed by atoms with Crippen molar-refractivity contribution in [1.29, 1.82) is 0 Å². The predicted molar refractivity (Wildman–Crippen MR) is 533 cm³/mol. The Hall–Kier alpha value is -11.6. The number of hydrogen-bond donors (Lipinski definition) is 6. The molecule has 0 bridgehead atoms. The summed E-state index contributed by atoms with van der Waals surface area (Å²) in [5.41, 5.74) is 34.8. The van der Waals surface area contributed by atoms with E-state index in [0.29, 0.717) is 110 Å². The molecule has 136 heavy (non-hydrogen) atoms. The molecule has 0 spiro atoms. The standard InChI is InChI=1S/C103H133Cl4N17O12/c1-73(81-28-12-8-13-29-81)118(62-92(112)125)101(134)71-123(78(6)86-40-48-90(106)49-41-86)98(131)64-116(59-27-23-55-111)97(130)69-122(76(4)84-34-18-11-19-35-84)103(136)72-124(79(7)87-42-50-91(107)51-43-87)99(132)65-115(58-26-22-54-110)96(129)67-120(74(2)82-30-14-9-15-31-82)100(133)66-117(61-80-36-44-88(104)45-37-80)94(127)63-114(57-25-21-53-109)95(128)68-121(75(3)83-32-16-10-17-33-83)102(135)70-119(93(126)60-113-56-24-20-52-108)77(5)85-38-46-89(105)47-39-85/h8-19,28-51,73-79,113H,20-27,52-72,108-111H2,1-7H3,(H2,112,125)/t73?,74?,75-,76-,77?,78-,79?/m1/s1. The maximum absolute atomic E-state index is 16.0. The number of primary amides is 1. The first kappa shape index (κ1) is 110. The highest BCUT2D eigenvalue weighted by molar-refractivity contribution is 6.31. The van der Waals surface area contributed by atoms with Crippen molar-refractivity contribution in [2.75, 3.05) is 131 Å². The van der Waals surface area contributed by atoms with Crippen molar-refractivity contribution in [3.8, 4) is 0 Å². The lowest BCUT2D eigenvalue weighted by molar-refractivity contribution is -0.151. The van der Waals surface area contributed by atoms with E-state index in [0.717, 1.165) is 12.8 Å². The van der Waals surface area contributed by atoms with E-state index in [2.05, 4.69) is 5.32 Å². The van der Waals surface area contributed by atoms with Crippen LogP contribution in [0, 0.1) is 0 Å². The number of carbonyl (C=O) groups excluding carboxylic acids is 12. The lowest BCUT2D eigenvalue weighted by atomic mass is 10.0. The summed E-state index contributed by atoms with van der Waals surface area (Å²) in [6, 6.07) is 57.4. The molecule has 0 aliphatic heterocycles. The number of rotatable bonds is 56. The zero-order valence-corrected chi connectivity index (χ0v) is 82.1. The maximum atomic E-state index is 16.0. The highest BCUT2D eigenvalue weighted by Gasteiger charge is 2.39. The minimum Gasteiger partial charge on any atom is -0.368 e. The van der Waals surface area contributed by atoms with Gasteiger partial charge >= 0.3 is 0 Å². The second kappa shape index (κ2) is 56.8. The normalized spacial score (nSPS) is 12.7. The first-order chi connectivity index (χ1) is 65.2. The Kier molecular flexibility index (Phi) is 45.8. The molecule has 4 unspecified atom stereocenters. The average Bonchev–Trinajstić information content (AvgIpc) is 0.761. The van der Waals surface area contributed by atoms with Gasteiger partial charge in [-0.05, 0) is 226 Å². The summed E-state index contributed by atoms with van der Waals surface area (Å²) in [5.74, 6) is -7.83. The molecule has 0 saturated heterocycles. The molecule has 0 fully saturated rings. The summed E-state index contributed by atoms with van der Waals surface area (Å²) in [6.45, 7) is 6.97. The van der Waals surface area contributed by atoms with Gasteiger partial charge in [0.05, 0.1) is 75.0 Å². The summed E-state index contributed by atoms with van der Waals surface area (Å²) in [7, 11) is 0. The second-order valence-electron chi connectivity index (χ2n) is 34.1. The molecule has 8 rings (SSSR count). The van der Waals surface area contributed by atoms with Crippen LogP contribution >= 0.6 is 46.4 Å². The summed E-state index contributed by atoms with van der Waals surface area (Å²) in [5, 5.41) is 4.85. The molecule has 730 valence electrons. The fourth-order valence-corrected chi connectivity index (χ4v) is 16.6. The molecule has 7 atom stereocenters. The van der Waals surface area contributed by atoms with Crippen molar-refractivity contribution in [1.82, 2.24) is 59.2 Å². The Morgan fingerprint density at radius 2 is 0.463 bits per heavy atom. The molecule has 0 heterocycles. The van der Waals surface area contributed by atoms with Crippen molar-refractivity contribution in [2.45, 2.75) is 149 Å².